The van der Waals surface area contributed by atoms with Crippen molar-refractivity contribution in [2.45, 2.75) is 13.8 Å². The molecule has 0 bridgehead atoms. The predicted octanol–water partition coefficient (Wildman–Crippen LogP) is 0.833. The fraction of sp³-hybridized carbons (Fsp3) is 1.00. The van der Waals surface area contributed by atoms with E-state index in [-0.39, 0.29) is 0 Å². The summed E-state index contributed by atoms with van der Waals surface area (Å²) in [5.74, 6) is 5.47. The first kappa shape index (κ1) is 10.3. The lowest BCUT2D eigenvalue weighted by molar-refractivity contribution is 0.152. The van der Waals surface area contributed by atoms with E-state index in [1.807, 2.05) is 13.8 Å². The first-order chi connectivity index (χ1) is 3.33. The van der Waals surface area contributed by atoms with E-state index in [9.17, 15) is 0 Å². The molecule has 0 atom stereocenters. The zero-order chi connectivity index (χ0) is 6.12. The van der Waals surface area contributed by atoms with Crippen LogP contribution in [0.2, 0.25) is 0 Å². The molecule has 0 aliphatic heterocycles. The van der Waals surface area contributed by atoms with Crippen molar-refractivity contribution in [3.05, 3.63) is 0 Å². The second-order valence-electron chi connectivity index (χ2n) is 0.772. The molecule has 0 aromatic heterocycles. The molecule has 0 radical (unpaired) electrons. The minimum atomic E-state index is 0.597. The molecule has 0 aliphatic carbocycles. The standard InChI is InChI=1S/C2H7NO.C2H6S/c1-2-4-3;1-2-3/h2-3H2,1H3;3H,2H2,1H3. The van der Waals surface area contributed by atoms with Crippen LogP contribution in [0.3, 0.4) is 0 Å². The Morgan fingerprint density at radius 3 is 1.71 bits per heavy atom. The first-order valence-corrected chi connectivity index (χ1v) is 2.89. The molecule has 0 fully saturated rings. The highest BCUT2D eigenvalue weighted by Crippen LogP contribution is 1.58. The number of hydrogen-bond acceptors (Lipinski definition) is 3. The molecule has 0 aliphatic rings. The Morgan fingerprint density at radius 2 is 1.71 bits per heavy atom. The van der Waals surface area contributed by atoms with Crippen LogP contribution in [0.4, 0.5) is 0 Å². The minimum Gasteiger partial charge on any atom is -0.305 e. The highest BCUT2D eigenvalue weighted by atomic mass is 32.1. The van der Waals surface area contributed by atoms with Crippen LogP contribution in [0.15, 0.2) is 0 Å². The molecule has 2 N–H and O–H groups in total. The molecule has 0 spiro atoms. The van der Waals surface area contributed by atoms with E-state index in [0.717, 1.165) is 5.75 Å². The van der Waals surface area contributed by atoms with Gasteiger partial charge in [0.1, 0.15) is 0 Å². The second-order valence-corrected chi connectivity index (χ2v) is 1.40. The van der Waals surface area contributed by atoms with Crippen molar-refractivity contribution < 1.29 is 4.84 Å². The molecule has 3 heteroatoms. The van der Waals surface area contributed by atoms with Crippen molar-refractivity contribution in [2.75, 3.05) is 12.4 Å². The van der Waals surface area contributed by atoms with Crippen LogP contribution in [0.1, 0.15) is 13.8 Å². The predicted molar refractivity (Wildman–Crippen MR) is 35.3 cm³/mol. The van der Waals surface area contributed by atoms with Crippen molar-refractivity contribution >= 4 is 12.6 Å². The minimum absolute atomic E-state index is 0.597. The highest BCUT2D eigenvalue weighted by Gasteiger charge is 1.52. The van der Waals surface area contributed by atoms with Gasteiger partial charge in [0.25, 0.3) is 0 Å². The largest absolute Gasteiger partial charge is 0.305 e. The summed E-state index contributed by atoms with van der Waals surface area (Å²) in [4.78, 5) is 4.04. The van der Waals surface area contributed by atoms with Gasteiger partial charge in [0, 0.05) is 0 Å². The Hall–Kier alpha value is 0.270. The SMILES string of the molecule is CCON.CCS. The van der Waals surface area contributed by atoms with Crippen LogP contribution < -0.4 is 5.90 Å². The van der Waals surface area contributed by atoms with Crippen LogP contribution in [0, 0.1) is 0 Å². The normalized spacial score (nSPS) is 6.86. The Bertz CT molecular complexity index is 19.2. The van der Waals surface area contributed by atoms with Crippen LogP contribution in [-0.2, 0) is 4.84 Å². The Kier molecular flexibility index (Phi) is 23.9. The quantitative estimate of drug-likeness (QED) is 0.400. The first-order valence-electron chi connectivity index (χ1n) is 2.25. The number of thiol groups is 1. The van der Waals surface area contributed by atoms with E-state index in [1.165, 1.54) is 0 Å². The molecule has 0 aromatic carbocycles. The lowest BCUT2D eigenvalue weighted by Gasteiger charge is -1.76. The van der Waals surface area contributed by atoms with Gasteiger partial charge in [-0.05, 0) is 12.7 Å². The van der Waals surface area contributed by atoms with Gasteiger partial charge in [0.05, 0.1) is 6.61 Å². The molecular weight excluding hydrogens is 110 g/mol. The molecule has 0 unspecified atom stereocenters. The van der Waals surface area contributed by atoms with Crippen LogP contribution in [0.25, 0.3) is 0 Å². The van der Waals surface area contributed by atoms with Gasteiger partial charge >= 0.3 is 0 Å². The van der Waals surface area contributed by atoms with Crippen LogP contribution >= 0.6 is 12.6 Å². The van der Waals surface area contributed by atoms with Crippen molar-refractivity contribution in [3.8, 4) is 0 Å². The molecule has 2 nitrogen and oxygen atoms in total. The number of rotatable bonds is 1. The van der Waals surface area contributed by atoms with E-state index < -0.39 is 0 Å². The summed E-state index contributed by atoms with van der Waals surface area (Å²) in [6, 6.07) is 0. The van der Waals surface area contributed by atoms with Crippen molar-refractivity contribution in [1.82, 2.24) is 0 Å². The molecular formula is C4H13NOS. The maximum atomic E-state index is 4.53. The average Bonchev–Trinajstić information content (AvgIpc) is 1.69. The van der Waals surface area contributed by atoms with E-state index >= 15 is 0 Å². The molecule has 0 saturated carbocycles. The van der Waals surface area contributed by atoms with E-state index in [1.54, 1.807) is 0 Å². The Balaban J connectivity index is 0. The third-order valence-corrected chi connectivity index (χ3v) is 0.167. The zero-order valence-corrected chi connectivity index (χ0v) is 5.74. The third kappa shape index (κ3) is 70.9. The van der Waals surface area contributed by atoms with E-state index in [2.05, 4.69) is 23.4 Å². The third-order valence-electron chi connectivity index (χ3n) is 0.167. The van der Waals surface area contributed by atoms with Gasteiger partial charge in [-0.2, -0.15) is 12.6 Å². The topological polar surface area (TPSA) is 35.2 Å². The van der Waals surface area contributed by atoms with E-state index in [4.69, 9.17) is 0 Å². The Labute approximate surface area is 50.4 Å². The fourth-order valence-corrected chi connectivity index (χ4v) is 0. The highest BCUT2D eigenvalue weighted by molar-refractivity contribution is 7.80. The molecule has 0 amide bonds. The summed E-state index contributed by atoms with van der Waals surface area (Å²) in [7, 11) is 0. The van der Waals surface area contributed by atoms with Crippen LogP contribution in [-0.4, -0.2) is 12.4 Å². The average molecular weight is 123 g/mol. The van der Waals surface area contributed by atoms with Crippen molar-refractivity contribution in [1.29, 1.82) is 0 Å². The zero-order valence-electron chi connectivity index (χ0n) is 4.85. The molecule has 0 rings (SSSR count). The van der Waals surface area contributed by atoms with Gasteiger partial charge in [-0.25, -0.2) is 5.90 Å². The summed E-state index contributed by atoms with van der Waals surface area (Å²) in [5, 5.41) is 0. The smallest absolute Gasteiger partial charge is 0.0651 e. The second kappa shape index (κ2) is 16.3. The lowest BCUT2D eigenvalue weighted by Crippen LogP contribution is -1.94. The summed E-state index contributed by atoms with van der Waals surface area (Å²) in [6.45, 7) is 4.42. The summed E-state index contributed by atoms with van der Waals surface area (Å²) in [6.07, 6.45) is 0. The monoisotopic (exact) mass is 123 g/mol. The van der Waals surface area contributed by atoms with Gasteiger partial charge in [0.15, 0.2) is 0 Å². The molecule has 46 valence electrons. The van der Waals surface area contributed by atoms with Gasteiger partial charge in [-0.3, -0.25) is 0 Å². The van der Waals surface area contributed by atoms with Crippen LogP contribution in [0.5, 0.6) is 0 Å². The van der Waals surface area contributed by atoms with Gasteiger partial charge in [-0.15, -0.1) is 0 Å². The molecule has 0 aromatic rings. The van der Waals surface area contributed by atoms with Gasteiger partial charge < -0.3 is 4.84 Å². The number of hydrogen-bond donors (Lipinski definition) is 2. The van der Waals surface area contributed by atoms with Gasteiger partial charge in [0.2, 0.25) is 0 Å². The van der Waals surface area contributed by atoms with E-state index in [0.29, 0.717) is 6.61 Å². The van der Waals surface area contributed by atoms with Crippen molar-refractivity contribution in [2.24, 2.45) is 5.90 Å². The summed E-state index contributed by atoms with van der Waals surface area (Å²) in [5.41, 5.74) is 0. The molecule has 7 heavy (non-hydrogen) atoms. The van der Waals surface area contributed by atoms with Crippen molar-refractivity contribution in [3.63, 3.8) is 0 Å². The molecule has 0 heterocycles. The fourth-order valence-electron chi connectivity index (χ4n) is 0. The number of nitrogens with two attached hydrogens (primary N) is 1. The summed E-state index contributed by atoms with van der Waals surface area (Å²) < 4.78 is 0. The maximum absolute atomic E-state index is 4.53. The maximum Gasteiger partial charge on any atom is 0.0651 e. The Morgan fingerprint density at radius 1 is 1.57 bits per heavy atom. The molecule has 0 saturated heterocycles. The van der Waals surface area contributed by atoms with Gasteiger partial charge in [-0.1, -0.05) is 6.92 Å². The summed E-state index contributed by atoms with van der Waals surface area (Å²) >= 11 is 3.79. The lowest BCUT2D eigenvalue weighted by atomic mass is 10.9.